The minimum atomic E-state index is -0.414. The largest absolute Gasteiger partial charge is 0.391 e. The Kier molecular flexibility index (Phi) is 4.67. The van der Waals surface area contributed by atoms with Gasteiger partial charge in [-0.3, -0.25) is 0 Å². The summed E-state index contributed by atoms with van der Waals surface area (Å²) >= 11 is 0. The Morgan fingerprint density at radius 3 is 2.33 bits per heavy atom. The van der Waals surface area contributed by atoms with Gasteiger partial charge in [0.1, 0.15) is 0 Å². The molecule has 1 N–H and O–H groups in total. The van der Waals surface area contributed by atoms with Crippen LogP contribution in [0.5, 0.6) is 0 Å². The van der Waals surface area contributed by atoms with Gasteiger partial charge in [0.2, 0.25) is 0 Å². The van der Waals surface area contributed by atoms with Crippen LogP contribution in [0.1, 0.15) is 13.8 Å². The first-order valence-electron chi connectivity index (χ1n) is 2.99. The maximum absolute atomic E-state index is 8.72. The van der Waals surface area contributed by atoms with E-state index in [2.05, 4.69) is 0 Å². The van der Waals surface area contributed by atoms with Gasteiger partial charge < -0.3 is 14.6 Å². The second kappa shape index (κ2) is 4.73. The van der Waals surface area contributed by atoms with Crippen LogP contribution in [0.3, 0.4) is 0 Å². The predicted octanol–water partition coefficient (Wildman–Crippen LogP) is 0.376. The lowest BCUT2D eigenvalue weighted by Gasteiger charge is -2.11. The van der Waals surface area contributed by atoms with Gasteiger partial charge in [0, 0.05) is 7.11 Å². The van der Waals surface area contributed by atoms with Gasteiger partial charge in [-0.05, 0) is 13.8 Å². The highest BCUT2D eigenvalue weighted by molar-refractivity contribution is 4.41. The quantitative estimate of drug-likeness (QED) is 0.565. The van der Waals surface area contributed by atoms with E-state index in [1.165, 1.54) is 0 Å². The van der Waals surface area contributed by atoms with Gasteiger partial charge >= 0.3 is 0 Å². The predicted molar refractivity (Wildman–Crippen MR) is 34.1 cm³/mol. The molecule has 3 nitrogen and oxygen atoms in total. The minimum absolute atomic E-state index is 0.223. The molecule has 0 spiro atoms. The van der Waals surface area contributed by atoms with Crippen molar-refractivity contribution < 1.29 is 14.6 Å². The van der Waals surface area contributed by atoms with Gasteiger partial charge in [-0.1, -0.05) is 0 Å². The summed E-state index contributed by atoms with van der Waals surface area (Å²) in [5.74, 6) is 0. The molecule has 0 aromatic carbocycles. The summed E-state index contributed by atoms with van der Waals surface area (Å²) in [6.45, 7) is 3.78. The van der Waals surface area contributed by atoms with E-state index >= 15 is 0 Å². The molecule has 0 saturated carbocycles. The zero-order valence-corrected chi connectivity index (χ0v) is 6.13. The van der Waals surface area contributed by atoms with Crippen molar-refractivity contribution in [2.24, 2.45) is 0 Å². The topological polar surface area (TPSA) is 38.7 Å². The summed E-state index contributed by atoms with van der Waals surface area (Å²) in [5, 5.41) is 8.72. The lowest BCUT2D eigenvalue weighted by molar-refractivity contribution is -0.127. The Bertz CT molecular complexity index is 63.3. The minimum Gasteiger partial charge on any atom is -0.391 e. The van der Waals surface area contributed by atoms with Crippen LogP contribution in [0.25, 0.3) is 0 Å². The molecule has 9 heavy (non-hydrogen) atoms. The summed E-state index contributed by atoms with van der Waals surface area (Å²) in [4.78, 5) is 0. The highest BCUT2D eigenvalue weighted by atomic mass is 16.7. The van der Waals surface area contributed by atoms with E-state index in [0.29, 0.717) is 6.61 Å². The summed E-state index contributed by atoms with van der Waals surface area (Å²) in [6.07, 6.45) is -0.637. The van der Waals surface area contributed by atoms with Crippen molar-refractivity contribution in [2.75, 3.05) is 13.7 Å². The number of aliphatic hydroxyl groups is 1. The molecule has 0 amide bonds. The molecule has 0 heterocycles. The SMILES string of the molecule is COC(C)OCC(C)O. The molecule has 0 saturated heterocycles. The summed E-state index contributed by atoms with van der Waals surface area (Å²) in [5.41, 5.74) is 0. The van der Waals surface area contributed by atoms with E-state index in [1.54, 1.807) is 21.0 Å². The number of ether oxygens (including phenoxy) is 2. The highest BCUT2D eigenvalue weighted by Crippen LogP contribution is 1.91. The molecule has 2 atom stereocenters. The number of rotatable bonds is 4. The fourth-order valence-corrected chi connectivity index (χ4v) is 0.343. The average molecular weight is 134 g/mol. The van der Waals surface area contributed by atoms with E-state index in [1.807, 2.05) is 0 Å². The third-order valence-corrected chi connectivity index (χ3v) is 0.904. The number of hydrogen-bond acceptors (Lipinski definition) is 3. The van der Waals surface area contributed by atoms with Crippen molar-refractivity contribution in [3.63, 3.8) is 0 Å². The third kappa shape index (κ3) is 5.76. The van der Waals surface area contributed by atoms with Crippen LogP contribution in [0, 0.1) is 0 Å². The molecule has 56 valence electrons. The van der Waals surface area contributed by atoms with Gasteiger partial charge in [-0.15, -0.1) is 0 Å². The lowest BCUT2D eigenvalue weighted by Crippen LogP contribution is -2.18. The van der Waals surface area contributed by atoms with Crippen molar-refractivity contribution in [2.45, 2.75) is 26.2 Å². The first-order chi connectivity index (χ1) is 4.16. The van der Waals surface area contributed by atoms with Crippen molar-refractivity contribution in [3.05, 3.63) is 0 Å². The first-order valence-corrected chi connectivity index (χ1v) is 2.99. The highest BCUT2D eigenvalue weighted by Gasteiger charge is 2.00. The van der Waals surface area contributed by atoms with Crippen LogP contribution >= 0.6 is 0 Å². The van der Waals surface area contributed by atoms with E-state index < -0.39 is 6.10 Å². The molecule has 0 bridgehead atoms. The Hall–Kier alpha value is -0.120. The zero-order chi connectivity index (χ0) is 7.28. The molecule has 0 aliphatic carbocycles. The summed E-state index contributed by atoms with van der Waals surface area (Å²) < 4.78 is 9.75. The standard InChI is InChI=1S/C6H14O3/c1-5(7)4-9-6(2)8-3/h5-7H,4H2,1-3H3. The number of aliphatic hydroxyl groups excluding tert-OH is 1. The van der Waals surface area contributed by atoms with E-state index in [-0.39, 0.29) is 6.29 Å². The Labute approximate surface area is 55.6 Å². The normalized spacial score (nSPS) is 17.3. The van der Waals surface area contributed by atoms with E-state index in [0.717, 1.165) is 0 Å². The Morgan fingerprint density at radius 2 is 2.00 bits per heavy atom. The fourth-order valence-electron chi connectivity index (χ4n) is 0.343. The Morgan fingerprint density at radius 1 is 1.44 bits per heavy atom. The van der Waals surface area contributed by atoms with Crippen LogP contribution in [-0.4, -0.2) is 31.2 Å². The molecular weight excluding hydrogens is 120 g/mol. The maximum Gasteiger partial charge on any atom is 0.154 e. The van der Waals surface area contributed by atoms with Gasteiger partial charge in [0.15, 0.2) is 6.29 Å². The van der Waals surface area contributed by atoms with Crippen molar-refractivity contribution in [1.29, 1.82) is 0 Å². The van der Waals surface area contributed by atoms with Crippen LogP contribution in [0.2, 0.25) is 0 Å². The lowest BCUT2D eigenvalue weighted by atomic mass is 10.4. The molecule has 0 aliphatic heterocycles. The maximum atomic E-state index is 8.72. The molecular formula is C6H14O3. The molecule has 3 heteroatoms. The monoisotopic (exact) mass is 134 g/mol. The molecule has 0 aromatic rings. The number of methoxy groups -OCH3 is 1. The van der Waals surface area contributed by atoms with Gasteiger partial charge in [0.25, 0.3) is 0 Å². The smallest absolute Gasteiger partial charge is 0.154 e. The van der Waals surface area contributed by atoms with Crippen molar-refractivity contribution in [3.8, 4) is 0 Å². The van der Waals surface area contributed by atoms with E-state index in [9.17, 15) is 0 Å². The second-order valence-corrected chi connectivity index (χ2v) is 1.99. The summed E-state index contributed by atoms with van der Waals surface area (Å²) in [6, 6.07) is 0. The molecule has 0 fully saturated rings. The van der Waals surface area contributed by atoms with Crippen LogP contribution in [0.4, 0.5) is 0 Å². The zero-order valence-electron chi connectivity index (χ0n) is 6.13. The van der Waals surface area contributed by atoms with E-state index in [4.69, 9.17) is 14.6 Å². The van der Waals surface area contributed by atoms with Crippen LogP contribution in [0.15, 0.2) is 0 Å². The summed E-state index contributed by atoms with van der Waals surface area (Å²) in [7, 11) is 1.56. The van der Waals surface area contributed by atoms with Crippen molar-refractivity contribution >= 4 is 0 Å². The van der Waals surface area contributed by atoms with Crippen LogP contribution in [-0.2, 0) is 9.47 Å². The van der Waals surface area contributed by atoms with Gasteiger partial charge in [-0.25, -0.2) is 0 Å². The average Bonchev–Trinajstić information content (AvgIpc) is 1.83. The second-order valence-electron chi connectivity index (χ2n) is 1.99. The molecule has 0 rings (SSSR count). The number of hydrogen-bond donors (Lipinski definition) is 1. The Balaban J connectivity index is 3.06. The van der Waals surface area contributed by atoms with Crippen LogP contribution < -0.4 is 0 Å². The first kappa shape index (κ1) is 8.88. The molecule has 0 aromatic heterocycles. The molecule has 2 unspecified atom stereocenters. The molecule has 0 aliphatic rings. The fraction of sp³-hybridized carbons (Fsp3) is 1.00. The molecule has 0 radical (unpaired) electrons. The third-order valence-electron chi connectivity index (χ3n) is 0.904. The van der Waals surface area contributed by atoms with Gasteiger partial charge in [0.05, 0.1) is 12.7 Å². The van der Waals surface area contributed by atoms with Crippen molar-refractivity contribution in [1.82, 2.24) is 0 Å². The van der Waals surface area contributed by atoms with Gasteiger partial charge in [-0.2, -0.15) is 0 Å².